The molecule has 0 amide bonds. The average molecular weight is 231 g/mol. The molecular formula is C9H11ClN2OS. The predicted octanol–water partition coefficient (Wildman–Crippen LogP) is 2.26. The number of thiocarbonyl (C=S) groups is 1. The van der Waals surface area contributed by atoms with Crippen LogP contribution in [0, 0.1) is 0 Å². The Balaban J connectivity index is 2.84. The van der Waals surface area contributed by atoms with E-state index in [0.717, 1.165) is 5.69 Å². The summed E-state index contributed by atoms with van der Waals surface area (Å²) in [5.41, 5.74) is 0.839. The SMILES string of the molecule is CNC(=S)Nc1ccc(Cl)c(OC)c1. The number of hydrogen-bond donors (Lipinski definition) is 2. The number of rotatable bonds is 2. The first-order valence-corrected chi connectivity index (χ1v) is 4.78. The second kappa shape index (κ2) is 5.02. The quantitative estimate of drug-likeness (QED) is 0.764. The monoisotopic (exact) mass is 230 g/mol. The lowest BCUT2D eigenvalue weighted by atomic mass is 10.3. The van der Waals surface area contributed by atoms with Crippen molar-refractivity contribution < 1.29 is 4.74 Å². The predicted molar refractivity (Wildman–Crippen MR) is 63.3 cm³/mol. The Kier molecular flexibility index (Phi) is 3.98. The van der Waals surface area contributed by atoms with Gasteiger partial charge in [-0.1, -0.05) is 11.6 Å². The minimum Gasteiger partial charge on any atom is -0.495 e. The third-order valence-corrected chi connectivity index (χ3v) is 2.25. The van der Waals surface area contributed by atoms with Crippen molar-refractivity contribution in [1.29, 1.82) is 0 Å². The smallest absolute Gasteiger partial charge is 0.170 e. The van der Waals surface area contributed by atoms with Crippen LogP contribution in [0.15, 0.2) is 18.2 Å². The Bertz CT molecular complexity index is 344. The van der Waals surface area contributed by atoms with Gasteiger partial charge in [0.05, 0.1) is 12.1 Å². The van der Waals surface area contributed by atoms with Crippen LogP contribution in [0.5, 0.6) is 5.75 Å². The molecule has 0 bridgehead atoms. The van der Waals surface area contributed by atoms with Gasteiger partial charge in [-0.25, -0.2) is 0 Å². The normalized spacial score (nSPS) is 9.36. The van der Waals surface area contributed by atoms with Crippen LogP contribution in [0.2, 0.25) is 5.02 Å². The van der Waals surface area contributed by atoms with E-state index < -0.39 is 0 Å². The topological polar surface area (TPSA) is 33.3 Å². The Morgan fingerprint density at radius 3 is 2.79 bits per heavy atom. The molecule has 0 aromatic heterocycles. The van der Waals surface area contributed by atoms with Crippen molar-refractivity contribution in [3.8, 4) is 5.75 Å². The summed E-state index contributed by atoms with van der Waals surface area (Å²) < 4.78 is 5.07. The van der Waals surface area contributed by atoms with Gasteiger partial charge in [-0.3, -0.25) is 0 Å². The summed E-state index contributed by atoms with van der Waals surface area (Å²) >= 11 is 10.8. The molecule has 0 unspecified atom stereocenters. The summed E-state index contributed by atoms with van der Waals surface area (Å²) in [7, 11) is 3.32. The molecule has 3 nitrogen and oxygen atoms in total. The number of methoxy groups -OCH3 is 1. The van der Waals surface area contributed by atoms with Crippen LogP contribution in [-0.2, 0) is 0 Å². The summed E-state index contributed by atoms with van der Waals surface area (Å²) in [5.74, 6) is 0.621. The van der Waals surface area contributed by atoms with Gasteiger partial charge in [-0.05, 0) is 24.4 Å². The van der Waals surface area contributed by atoms with Crippen molar-refractivity contribution in [2.75, 3.05) is 19.5 Å². The van der Waals surface area contributed by atoms with E-state index in [1.54, 1.807) is 26.3 Å². The summed E-state index contributed by atoms with van der Waals surface area (Å²) in [5, 5.41) is 6.91. The Morgan fingerprint density at radius 2 is 2.21 bits per heavy atom. The van der Waals surface area contributed by atoms with Gasteiger partial charge in [-0.2, -0.15) is 0 Å². The minimum atomic E-state index is 0.550. The molecule has 0 saturated carbocycles. The first-order valence-electron chi connectivity index (χ1n) is 3.99. The van der Waals surface area contributed by atoms with Crippen molar-refractivity contribution in [1.82, 2.24) is 5.32 Å². The van der Waals surface area contributed by atoms with Crippen LogP contribution >= 0.6 is 23.8 Å². The minimum absolute atomic E-state index is 0.550. The molecule has 1 aromatic rings. The van der Waals surface area contributed by atoms with Crippen LogP contribution < -0.4 is 15.4 Å². The third kappa shape index (κ3) is 2.75. The highest BCUT2D eigenvalue weighted by Crippen LogP contribution is 2.27. The van der Waals surface area contributed by atoms with Gasteiger partial charge in [0.1, 0.15) is 5.75 Å². The Labute approximate surface area is 93.4 Å². The number of nitrogens with one attached hydrogen (secondary N) is 2. The maximum absolute atomic E-state index is 5.87. The molecular weight excluding hydrogens is 220 g/mol. The van der Waals surface area contributed by atoms with E-state index in [-0.39, 0.29) is 0 Å². The van der Waals surface area contributed by atoms with Gasteiger partial charge in [0.15, 0.2) is 5.11 Å². The molecule has 76 valence electrons. The molecule has 0 heterocycles. The lowest BCUT2D eigenvalue weighted by Gasteiger charge is -2.09. The van der Waals surface area contributed by atoms with E-state index in [4.69, 9.17) is 28.6 Å². The molecule has 14 heavy (non-hydrogen) atoms. The fourth-order valence-corrected chi connectivity index (χ4v) is 1.24. The van der Waals surface area contributed by atoms with E-state index >= 15 is 0 Å². The summed E-state index contributed by atoms with van der Waals surface area (Å²) in [6, 6.07) is 5.36. The third-order valence-electron chi connectivity index (χ3n) is 1.64. The van der Waals surface area contributed by atoms with Crippen molar-refractivity contribution in [3.05, 3.63) is 23.2 Å². The molecule has 0 fully saturated rings. The molecule has 0 atom stereocenters. The van der Waals surface area contributed by atoms with Gasteiger partial charge in [0.2, 0.25) is 0 Å². The van der Waals surface area contributed by atoms with Gasteiger partial charge in [0.25, 0.3) is 0 Å². The zero-order chi connectivity index (χ0) is 10.6. The second-order valence-electron chi connectivity index (χ2n) is 2.55. The number of hydrogen-bond acceptors (Lipinski definition) is 2. The largest absolute Gasteiger partial charge is 0.495 e. The average Bonchev–Trinajstić information content (AvgIpc) is 2.20. The van der Waals surface area contributed by atoms with Gasteiger partial charge < -0.3 is 15.4 Å². The molecule has 0 aliphatic carbocycles. The first kappa shape index (κ1) is 11.1. The maximum Gasteiger partial charge on any atom is 0.170 e. The maximum atomic E-state index is 5.87. The summed E-state index contributed by atoms with van der Waals surface area (Å²) in [4.78, 5) is 0. The van der Waals surface area contributed by atoms with Crippen LogP contribution in [0.25, 0.3) is 0 Å². The van der Waals surface area contributed by atoms with Crippen molar-refractivity contribution in [2.45, 2.75) is 0 Å². The second-order valence-corrected chi connectivity index (χ2v) is 3.37. The van der Waals surface area contributed by atoms with E-state index in [2.05, 4.69) is 10.6 Å². The van der Waals surface area contributed by atoms with Crippen LogP contribution in [-0.4, -0.2) is 19.3 Å². The fourth-order valence-electron chi connectivity index (χ4n) is 0.931. The number of benzene rings is 1. The molecule has 0 spiro atoms. The zero-order valence-corrected chi connectivity index (χ0v) is 9.50. The van der Waals surface area contributed by atoms with Crippen molar-refractivity contribution in [3.63, 3.8) is 0 Å². The molecule has 0 aliphatic heterocycles. The molecule has 0 aliphatic rings. The highest BCUT2D eigenvalue weighted by Gasteiger charge is 2.02. The fraction of sp³-hybridized carbons (Fsp3) is 0.222. The van der Waals surface area contributed by atoms with Crippen molar-refractivity contribution >= 4 is 34.6 Å². The highest BCUT2D eigenvalue weighted by molar-refractivity contribution is 7.80. The first-order chi connectivity index (χ1) is 6.67. The molecule has 1 aromatic carbocycles. The summed E-state index contributed by atoms with van der Waals surface area (Å²) in [6.07, 6.45) is 0. The number of ether oxygens (including phenoxy) is 1. The number of anilines is 1. The van der Waals surface area contributed by atoms with Crippen LogP contribution in [0.4, 0.5) is 5.69 Å². The van der Waals surface area contributed by atoms with Gasteiger partial charge in [0, 0.05) is 18.8 Å². The highest BCUT2D eigenvalue weighted by atomic mass is 35.5. The summed E-state index contributed by atoms with van der Waals surface area (Å²) in [6.45, 7) is 0. The molecule has 0 radical (unpaired) electrons. The van der Waals surface area contributed by atoms with Crippen molar-refractivity contribution in [2.24, 2.45) is 0 Å². The van der Waals surface area contributed by atoms with Gasteiger partial charge >= 0.3 is 0 Å². The van der Waals surface area contributed by atoms with E-state index in [1.165, 1.54) is 0 Å². The van der Waals surface area contributed by atoms with Crippen LogP contribution in [0.1, 0.15) is 0 Å². The standard InChI is InChI=1S/C9H11ClN2OS/c1-11-9(14)12-6-3-4-7(10)8(5-6)13-2/h3-5H,1-2H3,(H2,11,12,14). The van der Waals surface area contributed by atoms with E-state index in [0.29, 0.717) is 15.9 Å². The van der Waals surface area contributed by atoms with Crippen LogP contribution in [0.3, 0.4) is 0 Å². The molecule has 5 heteroatoms. The Hall–Kier alpha value is -1.00. The zero-order valence-electron chi connectivity index (χ0n) is 7.93. The lowest BCUT2D eigenvalue weighted by molar-refractivity contribution is 0.415. The van der Waals surface area contributed by atoms with Gasteiger partial charge in [-0.15, -0.1) is 0 Å². The van der Waals surface area contributed by atoms with E-state index in [1.807, 2.05) is 6.07 Å². The molecule has 1 rings (SSSR count). The molecule has 2 N–H and O–H groups in total. The molecule has 0 saturated heterocycles. The van der Waals surface area contributed by atoms with E-state index in [9.17, 15) is 0 Å². The number of halogens is 1. The Morgan fingerprint density at radius 1 is 1.50 bits per heavy atom. The lowest BCUT2D eigenvalue weighted by Crippen LogP contribution is -2.24.